The topological polar surface area (TPSA) is 70.9 Å². The molecule has 144 valence electrons. The van der Waals surface area contributed by atoms with E-state index in [0.29, 0.717) is 26.2 Å². The van der Waals surface area contributed by atoms with Gasteiger partial charge in [-0.3, -0.25) is 4.79 Å². The summed E-state index contributed by atoms with van der Waals surface area (Å²) in [6.07, 6.45) is 0. The second-order valence-electron chi connectivity index (χ2n) is 6.65. The third-order valence-corrected chi connectivity index (χ3v) is 6.59. The van der Waals surface area contributed by atoms with Crippen molar-refractivity contribution in [1.29, 1.82) is 0 Å². The molecule has 0 unspecified atom stereocenters. The van der Waals surface area contributed by atoms with Gasteiger partial charge >= 0.3 is 0 Å². The first kappa shape index (κ1) is 19.5. The normalized spacial score (nSPS) is 16.2. The Labute approximate surface area is 158 Å². The minimum Gasteiger partial charge on any atom is -0.325 e. The van der Waals surface area contributed by atoms with E-state index in [1.165, 1.54) is 22.5 Å². The number of piperazine rings is 1. The van der Waals surface area contributed by atoms with Crippen molar-refractivity contribution in [2.75, 3.05) is 38.0 Å². The van der Waals surface area contributed by atoms with Gasteiger partial charge in [0.2, 0.25) is 10.0 Å². The van der Waals surface area contributed by atoms with Gasteiger partial charge < -0.3 is 10.2 Å². The number of anilines is 1. The van der Waals surface area contributed by atoms with Crippen molar-refractivity contribution in [3.63, 3.8) is 0 Å². The monoisotopic (exact) mass is 392 g/mol. The van der Waals surface area contributed by atoms with Crippen LogP contribution in [0.4, 0.5) is 10.1 Å². The van der Waals surface area contributed by atoms with Crippen LogP contribution >= 0.6 is 0 Å². The molecule has 0 radical (unpaired) electrons. The van der Waals surface area contributed by atoms with E-state index in [1.807, 2.05) is 31.2 Å². The summed E-state index contributed by atoms with van der Waals surface area (Å²) in [5.74, 6) is -0.672. The van der Waals surface area contributed by atoms with Crippen LogP contribution in [0.15, 0.2) is 53.4 Å². The zero-order chi connectivity index (χ0) is 19.4. The quantitative estimate of drug-likeness (QED) is 0.786. The van der Waals surface area contributed by atoms with Crippen molar-refractivity contribution in [2.45, 2.75) is 11.8 Å². The predicted molar refractivity (Wildman–Crippen MR) is 101 cm³/mol. The molecule has 1 saturated heterocycles. The molecule has 0 saturated carbocycles. The van der Waals surface area contributed by atoms with Gasteiger partial charge in [-0.2, -0.15) is 4.31 Å². The fourth-order valence-electron chi connectivity index (χ4n) is 3.13. The zero-order valence-corrected chi connectivity index (χ0v) is 15.9. The Morgan fingerprint density at radius 2 is 1.85 bits per heavy atom. The van der Waals surface area contributed by atoms with Gasteiger partial charge in [-0.1, -0.05) is 24.3 Å². The Hall–Kier alpha value is -2.29. The highest BCUT2D eigenvalue weighted by Crippen LogP contribution is 2.16. The predicted octanol–water partition coefficient (Wildman–Crippen LogP) is 0.662. The molecule has 1 aliphatic rings. The fourth-order valence-corrected chi connectivity index (χ4v) is 4.60. The molecule has 3 rings (SSSR count). The molecule has 8 heteroatoms. The first-order valence-electron chi connectivity index (χ1n) is 8.81. The average molecular weight is 392 g/mol. The highest BCUT2D eigenvalue weighted by molar-refractivity contribution is 7.89. The van der Waals surface area contributed by atoms with E-state index in [0.717, 1.165) is 22.2 Å². The van der Waals surface area contributed by atoms with E-state index in [-0.39, 0.29) is 17.3 Å². The molecule has 27 heavy (non-hydrogen) atoms. The number of quaternary nitrogens is 1. The van der Waals surface area contributed by atoms with Crippen LogP contribution in [-0.4, -0.2) is 51.4 Å². The summed E-state index contributed by atoms with van der Waals surface area (Å²) >= 11 is 0. The third-order valence-electron chi connectivity index (χ3n) is 4.69. The number of aryl methyl sites for hydroxylation is 1. The van der Waals surface area contributed by atoms with E-state index in [9.17, 15) is 17.6 Å². The van der Waals surface area contributed by atoms with E-state index in [4.69, 9.17) is 0 Å². The van der Waals surface area contributed by atoms with Crippen LogP contribution in [-0.2, 0) is 14.8 Å². The van der Waals surface area contributed by atoms with E-state index in [2.05, 4.69) is 5.32 Å². The summed E-state index contributed by atoms with van der Waals surface area (Å²) in [6, 6.07) is 12.6. The number of sulfonamides is 1. The van der Waals surface area contributed by atoms with Crippen LogP contribution in [0.25, 0.3) is 0 Å². The van der Waals surface area contributed by atoms with Gasteiger partial charge in [0.1, 0.15) is 5.82 Å². The first-order chi connectivity index (χ1) is 12.9. The second kappa shape index (κ2) is 8.16. The van der Waals surface area contributed by atoms with Crippen LogP contribution in [0.3, 0.4) is 0 Å². The minimum atomic E-state index is -3.71. The third kappa shape index (κ3) is 4.71. The standard InChI is InChI=1S/C19H22FN3O3S/c1-15-5-2-3-8-18(15)21-19(24)14-22-9-11-23(12-10-22)27(25,26)17-7-4-6-16(20)13-17/h2-8,13H,9-12,14H2,1H3,(H,21,24)/p+1. The molecule has 2 aromatic carbocycles. The summed E-state index contributed by atoms with van der Waals surface area (Å²) in [5, 5.41) is 2.90. The highest BCUT2D eigenvalue weighted by atomic mass is 32.2. The van der Waals surface area contributed by atoms with Gasteiger partial charge in [-0.25, -0.2) is 12.8 Å². The number of hydrogen-bond acceptors (Lipinski definition) is 3. The maximum Gasteiger partial charge on any atom is 0.279 e. The SMILES string of the molecule is Cc1ccccc1NC(=O)C[NH+]1CCN(S(=O)(=O)c2cccc(F)c2)CC1. The largest absolute Gasteiger partial charge is 0.325 e. The lowest BCUT2D eigenvalue weighted by molar-refractivity contribution is -0.895. The number of carbonyl (C=O) groups is 1. The number of benzene rings is 2. The Balaban J connectivity index is 1.56. The van der Waals surface area contributed by atoms with Gasteiger partial charge in [-0.15, -0.1) is 0 Å². The molecule has 6 nitrogen and oxygen atoms in total. The Kier molecular flexibility index (Phi) is 5.88. The van der Waals surface area contributed by atoms with Gasteiger partial charge in [0.05, 0.1) is 31.1 Å². The minimum absolute atomic E-state index is 0.0387. The lowest BCUT2D eigenvalue weighted by Gasteiger charge is -2.31. The zero-order valence-electron chi connectivity index (χ0n) is 15.1. The van der Waals surface area contributed by atoms with E-state index in [1.54, 1.807) is 0 Å². The summed E-state index contributed by atoms with van der Waals surface area (Å²) in [4.78, 5) is 13.2. The lowest BCUT2D eigenvalue weighted by atomic mass is 10.2. The molecule has 0 spiro atoms. The summed E-state index contributed by atoms with van der Waals surface area (Å²) < 4.78 is 39.9. The Morgan fingerprint density at radius 3 is 2.52 bits per heavy atom. The Bertz CT molecular complexity index is 925. The number of rotatable bonds is 5. The molecule has 2 N–H and O–H groups in total. The number of para-hydroxylation sites is 1. The van der Waals surface area contributed by atoms with Gasteiger partial charge in [-0.05, 0) is 36.8 Å². The highest BCUT2D eigenvalue weighted by Gasteiger charge is 2.31. The van der Waals surface area contributed by atoms with Gasteiger partial charge in [0.15, 0.2) is 6.54 Å². The van der Waals surface area contributed by atoms with E-state index >= 15 is 0 Å². The Morgan fingerprint density at radius 1 is 1.15 bits per heavy atom. The maximum absolute atomic E-state index is 13.3. The number of carbonyl (C=O) groups excluding carboxylic acids is 1. The number of amides is 1. The molecule has 0 atom stereocenters. The average Bonchev–Trinajstić information content (AvgIpc) is 2.64. The number of nitrogens with one attached hydrogen (secondary N) is 2. The van der Waals surface area contributed by atoms with Gasteiger partial charge in [0, 0.05) is 5.69 Å². The van der Waals surface area contributed by atoms with Crippen LogP contribution < -0.4 is 10.2 Å². The first-order valence-corrected chi connectivity index (χ1v) is 10.2. The van der Waals surface area contributed by atoms with Crippen molar-refractivity contribution < 1.29 is 22.5 Å². The summed E-state index contributed by atoms with van der Waals surface area (Å²) in [5.41, 5.74) is 1.78. The van der Waals surface area contributed by atoms with Gasteiger partial charge in [0.25, 0.3) is 5.91 Å². The smallest absolute Gasteiger partial charge is 0.279 e. The molecule has 2 aromatic rings. The fraction of sp³-hybridized carbons (Fsp3) is 0.316. The van der Waals surface area contributed by atoms with Crippen LogP contribution in [0.2, 0.25) is 0 Å². The molecule has 1 fully saturated rings. The molecule has 1 amide bonds. The van der Waals surface area contributed by atoms with Crippen LogP contribution in [0.1, 0.15) is 5.56 Å². The molecule has 0 bridgehead atoms. The molecule has 1 heterocycles. The summed E-state index contributed by atoms with van der Waals surface area (Å²) in [6.45, 7) is 3.85. The number of halogens is 1. The van der Waals surface area contributed by atoms with E-state index < -0.39 is 15.8 Å². The molecule has 1 aliphatic heterocycles. The van der Waals surface area contributed by atoms with Crippen LogP contribution in [0, 0.1) is 12.7 Å². The summed E-state index contributed by atoms with van der Waals surface area (Å²) in [7, 11) is -3.71. The molecule has 0 aliphatic carbocycles. The van der Waals surface area contributed by atoms with Crippen molar-refractivity contribution >= 4 is 21.6 Å². The molecule has 0 aromatic heterocycles. The molecular weight excluding hydrogens is 369 g/mol. The van der Waals surface area contributed by atoms with Crippen molar-refractivity contribution in [1.82, 2.24) is 4.31 Å². The maximum atomic E-state index is 13.3. The molecular formula is C19H23FN3O3S+. The second-order valence-corrected chi connectivity index (χ2v) is 8.59. The van der Waals surface area contributed by atoms with Crippen LogP contribution in [0.5, 0.6) is 0 Å². The van der Waals surface area contributed by atoms with Crippen molar-refractivity contribution in [3.05, 3.63) is 59.9 Å². The van der Waals surface area contributed by atoms with Crippen molar-refractivity contribution in [3.8, 4) is 0 Å². The number of nitrogens with zero attached hydrogens (tertiary/aromatic N) is 1. The lowest BCUT2D eigenvalue weighted by Crippen LogP contribution is -3.15. The van der Waals surface area contributed by atoms with Crippen molar-refractivity contribution in [2.24, 2.45) is 0 Å². The number of hydrogen-bond donors (Lipinski definition) is 2.